The minimum atomic E-state index is -4.72. The minimum absolute atomic E-state index is 0.0439. The molecule has 0 unspecified atom stereocenters. The highest BCUT2D eigenvalue weighted by Crippen LogP contribution is 2.32. The summed E-state index contributed by atoms with van der Waals surface area (Å²) in [6.07, 6.45) is -3.13. The Kier molecular flexibility index (Phi) is 11.2. The molecule has 0 radical (unpaired) electrons. The van der Waals surface area contributed by atoms with E-state index in [0.717, 1.165) is 28.4 Å². The minimum Gasteiger partial charge on any atom is -0.352 e. The van der Waals surface area contributed by atoms with Crippen molar-refractivity contribution in [2.45, 2.75) is 51.5 Å². The molecule has 0 saturated carbocycles. The lowest BCUT2D eigenvalue weighted by molar-refractivity contribution is -0.140. The molecule has 0 spiro atoms. The SMILES string of the molecule is CC[C@H](C)NC(=O)[C@@H](Cc1ccccc1)N(Cc1ccc(Br)cc1)C(=O)CN(c1cccc(C(F)(F)F)c1)S(C)(=O)=O. The van der Waals surface area contributed by atoms with Crippen LogP contribution in [0.15, 0.2) is 83.3 Å². The summed E-state index contributed by atoms with van der Waals surface area (Å²) in [5, 5.41) is 2.92. The van der Waals surface area contributed by atoms with E-state index in [2.05, 4.69) is 21.2 Å². The Balaban J connectivity index is 2.08. The molecule has 12 heteroatoms. The van der Waals surface area contributed by atoms with Gasteiger partial charge in [0.2, 0.25) is 21.8 Å². The Morgan fingerprint density at radius 3 is 2.17 bits per heavy atom. The third kappa shape index (κ3) is 9.32. The molecule has 0 aliphatic rings. The van der Waals surface area contributed by atoms with E-state index in [0.29, 0.717) is 22.4 Å². The molecule has 1 N–H and O–H groups in total. The van der Waals surface area contributed by atoms with Gasteiger partial charge in [0.05, 0.1) is 17.5 Å². The summed E-state index contributed by atoms with van der Waals surface area (Å²) in [4.78, 5) is 29.0. The number of sulfonamides is 1. The molecule has 7 nitrogen and oxygen atoms in total. The quantitative estimate of drug-likeness (QED) is 0.265. The van der Waals surface area contributed by atoms with Crippen molar-refractivity contribution >= 4 is 43.5 Å². The maximum atomic E-state index is 14.0. The number of benzene rings is 3. The Hall–Kier alpha value is -3.38. The number of hydrogen-bond donors (Lipinski definition) is 1. The Morgan fingerprint density at radius 1 is 0.952 bits per heavy atom. The Morgan fingerprint density at radius 2 is 1.60 bits per heavy atom. The molecule has 2 amide bonds. The highest BCUT2D eigenvalue weighted by Gasteiger charge is 2.35. The molecule has 2 atom stereocenters. The molecule has 0 fully saturated rings. The van der Waals surface area contributed by atoms with Gasteiger partial charge in [-0.15, -0.1) is 0 Å². The van der Waals surface area contributed by atoms with Gasteiger partial charge in [0.15, 0.2) is 0 Å². The molecule has 3 aromatic carbocycles. The zero-order valence-electron chi connectivity index (χ0n) is 23.4. The van der Waals surface area contributed by atoms with Gasteiger partial charge in [-0.05, 0) is 54.8 Å². The van der Waals surface area contributed by atoms with Gasteiger partial charge in [-0.3, -0.25) is 13.9 Å². The van der Waals surface area contributed by atoms with Crippen LogP contribution in [-0.2, 0) is 38.8 Å². The number of anilines is 1. The van der Waals surface area contributed by atoms with Gasteiger partial charge >= 0.3 is 6.18 Å². The van der Waals surface area contributed by atoms with Crippen molar-refractivity contribution in [3.63, 3.8) is 0 Å². The third-order valence-electron chi connectivity index (χ3n) is 6.68. The van der Waals surface area contributed by atoms with Gasteiger partial charge in [0.1, 0.15) is 12.6 Å². The molecule has 42 heavy (non-hydrogen) atoms. The number of carbonyl (C=O) groups is 2. The van der Waals surface area contributed by atoms with Crippen LogP contribution in [0, 0.1) is 0 Å². The van der Waals surface area contributed by atoms with E-state index in [-0.39, 0.29) is 24.7 Å². The second-order valence-corrected chi connectivity index (χ2v) is 12.8. The maximum absolute atomic E-state index is 14.0. The summed E-state index contributed by atoms with van der Waals surface area (Å²) in [7, 11) is -4.20. The molecule has 0 aliphatic heterocycles. The third-order valence-corrected chi connectivity index (χ3v) is 8.35. The lowest BCUT2D eigenvalue weighted by Gasteiger charge is -2.34. The van der Waals surface area contributed by atoms with Gasteiger partial charge in [0.25, 0.3) is 0 Å². The van der Waals surface area contributed by atoms with E-state index in [1.807, 2.05) is 32.0 Å². The van der Waals surface area contributed by atoms with E-state index in [9.17, 15) is 31.2 Å². The van der Waals surface area contributed by atoms with E-state index in [4.69, 9.17) is 0 Å². The largest absolute Gasteiger partial charge is 0.416 e. The molecule has 226 valence electrons. The molecular weight excluding hydrogens is 635 g/mol. The van der Waals surface area contributed by atoms with Crippen LogP contribution in [0.5, 0.6) is 0 Å². The summed E-state index contributed by atoms with van der Waals surface area (Å²) < 4.78 is 67.4. The summed E-state index contributed by atoms with van der Waals surface area (Å²) in [6.45, 7) is 2.88. The summed E-state index contributed by atoms with van der Waals surface area (Å²) in [5.74, 6) is -1.18. The molecular formula is C30H33BrF3N3O4S. The normalized spacial score (nSPS) is 13.2. The van der Waals surface area contributed by atoms with Gasteiger partial charge < -0.3 is 10.2 Å². The number of nitrogens with zero attached hydrogens (tertiary/aromatic N) is 2. The lowest BCUT2D eigenvalue weighted by atomic mass is 10.0. The number of nitrogens with one attached hydrogen (secondary N) is 1. The second-order valence-electron chi connectivity index (χ2n) is 9.99. The number of hydrogen-bond acceptors (Lipinski definition) is 4. The lowest BCUT2D eigenvalue weighted by Crippen LogP contribution is -2.54. The zero-order chi connectivity index (χ0) is 31.1. The highest BCUT2D eigenvalue weighted by molar-refractivity contribution is 9.10. The standard InChI is InChI=1S/C30H33BrF3N3O4S/c1-4-21(2)35-29(39)27(17-22-9-6-5-7-10-22)36(19-23-13-15-25(31)16-14-23)28(38)20-37(42(3,40)41)26-12-8-11-24(18-26)30(32,33)34/h5-16,18,21,27H,4,17,19-20H2,1-3H3,(H,35,39)/t21-,27+/m0/s1. The van der Waals surface area contributed by atoms with E-state index < -0.39 is 46.2 Å². The zero-order valence-corrected chi connectivity index (χ0v) is 25.8. The van der Waals surface area contributed by atoms with Crippen LogP contribution >= 0.6 is 15.9 Å². The van der Waals surface area contributed by atoms with E-state index in [1.165, 1.54) is 11.0 Å². The summed E-state index contributed by atoms with van der Waals surface area (Å²) in [6, 6.07) is 18.7. The van der Waals surface area contributed by atoms with Crippen LogP contribution in [0.2, 0.25) is 0 Å². The number of amides is 2. The van der Waals surface area contributed by atoms with Crippen LogP contribution in [0.3, 0.4) is 0 Å². The smallest absolute Gasteiger partial charge is 0.352 e. The van der Waals surface area contributed by atoms with Crippen LogP contribution in [0.1, 0.15) is 37.0 Å². The maximum Gasteiger partial charge on any atom is 0.416 e. The van der Waals surface area contributed by atoms with Crippen LogP contribution in [-0.4, -0.2) is 50.0 Å². The van der Waals surface area contributed by atoms with Crippen LogP contribution in [0.25, 0.3) is 0 Å². The predicted octanol–water partition coefficient (Wildman–Crippen LogP) is 5.79. The highest BCUT2D eigenvalue weighted by atomic mass is 79.9. The topological polar surface area (TPSA) is 86.8 Å². The number of carbonyl (C=O) groups excluding carboxylic acids is 2. The summed E-state index contributed by atoms with van der Waals surface area (Å²) >= 11 is 3.37. The molecule has 0 saturated heterocycles. The first-order valence-electron chi connectivity index (χ1n) is 13.2. The van der Waals surface area contributed by atoms with Crippen molar-refractivity contribution in [1.29, 1.82) is 0 Å². The van der Waals surface area contributed by atoms with Crippen molar-refractivity contribution in [2.75, 3.05) is 17.1 Å². The monoisotopic (exact) mass is 667 g/mol. The fraction of sp³-hybridized carbons (Fsp3) is 0.333. The van der Waals surface area contributed by atoms with Crippen LogP contribution in [0.4, 0.5) is 18.9 Å². The molecule has 0 aliphatic carbocycles. The predicted molar refractivity (Wildman–Crippen MR) is 160 cm³/mol. The van der Waals surface area contributed by atoms with Crippen molar-refractivity contribution in [3.05, 3.63) is 100 Å². The fourth-order valence-corrected chi connectivity index (χ4v) is 5.34. The van der Waals surface area contributed by atoms with Crippen LogP contribution < -0.4 is 9.62 Å². The van der Waals surface area contributed by atoms with Gasteiger partial charge in [-0.1, -0.05) is 71.4 Å². The van der Waals surface area contributed by atoms with Crippen molar-refractivity contribution in [3.8, 4) is 0 Å². The number of rotatable bonds is 12. The molecule has 3 rings (SSSR count). The number of alkyl halides is 3. The van der Waals surface area contributed by atoms with Gasteiger partial charge in [-0.2, -0.15) is 13.2 Å². The Labute approximate surface area is 252 Å². The molecule has 0 bridgehead atoms. The first kappa shape index (κ1) is 33.1. The van der Waals surface area contributed by atoms with Crippen molar-refractivity contribution < 1.29 is 31.2 Å². The number of halogens is 4. The summed E-state index contributed by atoms with van der Waals surface area (Å²) in [5.41, 5.74) is 0.0785. The first-order chi connectivity index (χ1) is 19.7. The molecule has 0 heterocycles. The van der Waals surface area contributed by atoms with Crippen molar-refractivity contribution in [1.82, 2.24) is 10.2 Å². The second kappa shape index (κ2) is 14.2. The fourth-order valence-electron chi connectivity index (χ4n) is 4.23. The van der Waals surface area contributed by atoms with Gasteiger partial charge in [0, 0.05) is 23.5 Å². The van der Waals surface area contributed by atoms with Crippen molar-refractivity contribution in [2.24, 2.45) is 0 Å². The van der Waals surface area contributed by atoms with E-state index in [1.54, 1.807) is 36.4 Å². The molecule has 3 aromatic rings. The van der Waals surface area contributed by atoms with Gasteiger partial charge in [-0.25, -0.2) is 8.42 Å². The average Bonchev–Trinajstić information content (AvgIpc) is 2.93. The molecule has 0 aromatic heterocycles. The Bertz CT molecular complexity index is 1470. The average molecular weight is 669 g/mol. The van der Waals surface area contributed by atoms with E-state index >= 15 is 0 Å². The first-order valence-corrected chi connectivity index (χ1v) is 15.9.